The molecule has 2 aromatic carbocycles. The van der Waals surface area contributed by atoms with Gasteiger partial charge in [0.2, 0.25) is 0 Å². The molecule has 1 aliphatic heterocycles. The highest BCUT2D eigenvalue weighted by Crippen LogP contribution is 2.38. The molecule has 1 aliphatic rings. The van der Waals surface area contributed by atoms with Gasteiger partial charge in [-0.15, -0.1) is 0 Å². The SMILES string of the molecule is COc1ccc(OC)c(NC(=O)COC(=O)c2cc(Cl)c3c(c2)OCCCO3)c1. The van der Waals surface area contributed by atoms with E-state index in [0.717, 1.165) is 0 Å². The summed E-state index contributed by atoms with van der Waals surface area (Å²) in [7, 11) is 2.99. The van der Waals surface area contributed by atoms with Crippen LogP contribution in [0.3, 0.4) is 0 Å². The van der Waals surface area contributed by atoms with Crippen molar-refractivity contribution in [1.29, 1.82) is 0 Å². The van der Waals surface area contributed by atoms with E-state index in [1.807, 2.05) is 0 Å². The summed E-state index contributed by atoms with van der Waals surface area (Å²) in [6.07, 6.45) is 0.707. The van der Waals surface area contributed by atoms with Gasteiger partial charge in [0, 0.05) is 12.5 Å². The van der Waals surface area contributed by atoms with Crippen LogP contribution in [0.15, 0.2) is 30.3 Å². The molecular formula is C20H20ClNO7. The van der Waals surface area contributed by atoms with Crippen molar-refractivity contribution in [2.45, 2.75) is 6.42 Å². The number of carbonyl (C=O) groups is 2. The van der Waals surface area contributed by atoms with Gasteiger partial charge in [0.25, 0.3) is 5.91 Å². The Balaban J connectivity index is 1.64. The van der Waals surface area contributed by atoms with E-state index in [1.165, 1.54) is 26.4 Å². The number of halogens is 1. The summed E-state index contributed by atoms with van der Waals surface area (Å²) >= 11 is 6.18. The molecule has 154 valence electrons. The van der Waals surface area contributed by atoms with Gasteiger partial charge in [0.15, 0.2) is 18.1 Å². The van der Waals surface area contributed by atoms with Gasteiger partial charge in [-0.25, -0.2) is 4.79 Å². The van der Waals surface area contributed by atoms with Gasteiger partial charge in [0.05, 0.1) is 43.7 Å². The maximum absolute atomic E-state index is 12.3. The minimum Gasteiger partial charge on any atom is -0.497 e. The van der Waals surface area contributed by atoms with E-state index >= 15 is 0 Å². The van der Waals surface area contributed by atoms with Crippen molar-refractivity contribution in [3.05, 3.63) is 40.9 Å². The third kappa shape index (κ3) is 5.03. The van der Waals surface area contributed by atoms with Crippen LogP contribution in [-0.2, 0) is 9.53 Å². The smallest absolute Gasteiger partial charge is 0.338 e. The third-order valence-electron chi connectivity index (χ3n) is 4.05. The zero-order valence-corrected chi connectivity index (χ0v) is 16.7. The number of esters is 1. The molecule has 0 aromatic heterocycles. The van der Waals surface area contributed by atoms with Gasteiger partial charge < -0.3 is 29.0 Å². The zero-order chi connectivity index (χ0) is 20.8. The summed E-state index contributed by atoms with van der Waals surface area (Å²) < 4.78 is 26.5. The van der Waals surface area contributed by atoms with Gasteiger partial charge in [-0.3, -0.25) is 4.79 Å². The quantitative estimate of drug-likeness (QED) is 0.715. The number of rotatable bonds is 6. The summed E-state index contributed by atoms with van der Waals surface area (Å²) in [4.78, 5) is 24.6. The molecule has 3 rings (SSSR count). The molecule has 0 radical (unpaired) electrons. The molecule has 1 heterocycles. The summed E-state index contributed by atoms with van der Waals surface area (Å²) in [6.45, 7) is 0.433. The average Bonchev–Trinajstić information content (AvgIpc) is 2.97. The van der Waals surface area contributed by atoms with Crippen molar-refractivity contribution in [3.63, 3.8) is 0 Å². The minimum absolute atomic E-state index is 0.158. The fourth-order valence-corrected chi connectivity index (χ4v) is 2.93. The number of hydrogen-bond donors (Lipinski definition) is 1. The second-order valence-corrected chi connectivity index (χ2v) is 6.43. The van der Waals surface area contributed by atoms with Crippen molar-refractivity contribution < 1.29 is 33.3 Å². The summed E-state index contributed by atoms with van der Waals surface area (Å²) in [6, 6.07) is 7.85. The fourth-order valence-electron chi connectivity index (χ4n) is 2.66. The first-order chi connectivity index (χ1) is 14.0. The number of hydrogen-bond acceptors (Lipinski definition) is 7. The molecule has 2 aromatic rings. The lowest BCUT2D eigenvalue weighted by Crippen LogP contribution is -2.21. The Hall–Kier alpha value is -3.13. The van der Waals surface area contributed by atoms with Crippen LogP contribution in [0.5, 0.6) is 23.0 Å². The van der Waals surface area contributed by atoms with Gasteiger partial charge in [0.1, 0.15) is 11.5 Å². The maximum Gasteiger partial charge on any atom is 0.338 e. The molecule has 1 amide bonds. The maximum atomic E-state index is 12.3. The highest BCUT2D eigenvalue weighted by molar-refractivity contribution is 6.32. The molecule has 0 fully saturated rings. The van der Waals surface area contributed by atoms with E-state index in [4.69, 9.17) is 35.3 Å². The number of nitrogens with one attached hydrogen (secondary N) is 1. The first-order valence-electron chi connectivity index (χ1n) is 8.80. The van der Waals surface area contributed by atoms with Gasteiger partial charge >= 0.3 is 5.97 Å². The van der Waals surface area contributed by atoms with Gasteiger partial charge in [-0.2, -0.15) is 0 Å². The largest absolute Gasteiger partial charge is 0.497 e. The monoisotopic (exact) mass is 421 g/mol. The molecule has 1 N–H and O–H groups in total. The summed E-state index contributed by atoms with van der Waals surface area (Å²) in [5, 5.41) is 2.86. The lowest BCUT2D eigenvalue weighted by Gasteiger charge is -2.13. The number of benzene rings is 2. The van der Waals surface area contributed by atoms with E-state index in [-0.39, 0.29) is 10.6 Å². The molecule has 0 saturated heterocycles. The second-order valence-electron chi connectivity index (χ2n) is 6.03. The van der Waals surface area contributed by atoms with E-state index in [2.05, 4.69) is 5.32 Å². The predicted octanol–water partition coefficient (Wildman–Crippen LogP) is 3.31. The van der Waals surface area contributed by atoms with Gasteiger partial charge in [-0.1, -0.05) is 11.6 Å². The highest BCUT2D eigenvalue weighted by atomic mass is 35.5. The standard InChI is InChI=1S/C20H20ClNO7/c1-25-13-4-5-16(26-2)15(10-13)22-18(23)11-29-20(24)12-8-14(21)19-17(9-12)27-6-3-7-28-19/h4-5,8-10H,3,6-7,11H2,1-2H3,(H,22,23). The Morgan fingerprint density at radius 3 is 2.66 bits per heavy atom. The van der Waals surface area contributed by atoms with E-state index in [1.54, 1.807) is 18.2 Å². The Labute approximate surface area is 172 Å². The molecule has 0 spiro atoms. The van der Waals surface area contributed by atoms with Crippen molar-refractivity contribution >= 4 is 29.2 Å². The second kappa shape index (κ2) is 9.38. The first kappa shape index (κ1) is 20.6. The van der Waals surface area contributed by atoms with Gasteiger partial charge in [-0.05, 0) is 24.3 Å². The van der Waals surface area contributed by atoms with Crippen LogP contribution < -0.4 is 24.3 Å². The number of methoxy groups -OCH3 is 2. The van der Waals surface area contributed by atoms with Crippen LogP contribution in [0, 0.1) is 0 Å². The third-order valence-corrected chi connectivity index (χ3v) is 4.33. The lowest BCUT2D eigenvalue weighted by atomic mass is 10.2. The molecule has 29 heavy (non-hydrogen) atoms. The van der Waals surface area contributed by atoms with Crippen LogP contribution in [-0.4, -0.2) is 45.9 Å². The highest BCUT2D eigenvalue weighted by Gasteiger charge is 2.20. The number of anilines is 1. The van der Waals surface area contributed by atoms with Crippen molar-refractivity contribution in [2.24, 2.45) is 0 Å². The van der Waals surface area contributed by atoms with Crippen molar-refractivity contribution in [3.8, 4) is 23.0 Å². The number of fused-ring (bicyclic) bond motifs is 1. The average molecular weight is 422 g/mol. The Morgan fingerprint density at radius 2 is 1.90 bits per heavy atom. The summed E-state index contributed by atoms with van der Waals surface area (Å²) in [5.41, 5.74) is 0.553. The molecular weight excluding hydrogens is 402 g/mol. The Kier molecular flexibility index (Phi) is 6.66. The number of carbonyl (C=O) groups excluding carboxylic acids is 2. The fraction of sp³-hybridized carbons (Fsp3) is 0.300. The van der Waals surface area contributed by atoms with Crippen LogP contribution in [0.2, 0.25) is 5.02 Å². The predicted molar refractivity (Wildman–Crippen MR) is 106 cm³/mol. The van der Waals surface area contributed by atoms with Crippen molar-refractivity contribution in [1.82, 2.24) is 0 Å². The molecule has 0 unspecified atom stereocenters. The Bertz CT molecular complexity index is 916. The molecule has 0 aliphatic carbocycles. The normalized spacial score (nSPS) is 12.5. The van der Waals surface area contributed by atoms with Crippen LogP contribution >= 0.6 is 11.6 Å². The molecule has 0 bridgehead atoms. The van der Waals surface area contributed by atoms with E-state index < -0.39 is 18.5 Å². The van der Waals surface area contributed by atoms with E-state index in [0.29, 0.717) is 48.3 Å². The van der Waals surface area contributed by atoms with Crippen LogP contribution in [0.4, 0.5) is 5.69 Å². The molecule has 9 heteroatoms. The number of amides is 1. The molecule has 8 nitrogen and oxygen atoms in total. The molecule has 0 atom stereocenters. The zero-order valence-electron chi connectivity index (χ0n) is 16.0. The Morgan fingerprint density at radius 1 is 1.10 bits per heavy atom. The van der Waals surface area contributed by atoms with E-state index in [9.17, 15) is 9.59 Å². The van der Waals surface area contributed by atoms with Crippen LogP contribution in [0.1, 0.15) is 16.8 Å². The number of ether oxygens (including phenoxy) is 5. The van der Waals surface area contributed by atoms with Crippen LogP contribution in [0.25, 0.3) is 0 Å². The van der Waals surface area contributed by atoms with Crippen molar-refractivity contribution in [2.75, 3.05) is 39.4 Å². The topological polar surface area (TPSA) is 92.3 Å². The minimum atomic E-state index is -0.713. The summed E-state index contributed by atoms with van der Waals surface area (Å²) in [5.74, 6) is 0.497. The lowest BCUT2D eigenvalue weighted by molar-refractivity contribution is -0.119. The first-order valence-corrected chi connectivity index (χ1v) is 9.17. The molecule has 0 saturated carbocycles.